The van der Waals surface area contributed by atoms with Gasteiger partial charge in [-0.1, -0.05) is 30.3 Å². The molecule has 2 unspecified atom stereocenters. The largest absolute Gasteiger partial charge is 0.305 e. The van der Waals surface area contributed by atoms with E-state index in [1.807, 2.05) is 13.2 Å². The first kappa shape index (κ1) is 17.9. The van der Waals surface area contributed by atoms with Gasteiger partial charge in [0.1, 0.15) is 6.04 Å². The molecule has 0 bridgehead atoms. The predicted molar refractivity (Wildman–Crippen MR) is 107 cm³/mol. The molecule has 1 aliphatic rings. The molecule has 0 aliphatic heterocycles. The highest BCUT2D eigenvalue weighted by Gasteiger charge is 2.26. The average Bonchev–Trinajstić information content (AvgIpc) is 3.28. The molecule has 2 aromatic heterocycles. The number of nitrogens with one attached hydrogen (secondary N) is 2. The van der Waals surface area contributed by atoms with E-state index >= 15 is 0 Å². The molecule has 140 valence electrons. The zero-order chi connectivity index (χ0) is 18.8. The van der Waals surface area contributed by atoms with E-state index in [9.17, 15) is 4.79 Å². The van der Waals surface area contributed by atoms with E-state index < -0.39 is 6.04 Å². The van der Waals surface area contributed by atoms with E-state index in [-0.39, 0.29) is 5.91 Å². The zero-order valence-electron chi connectivity index (χ0n) is 15.5. The van der Waals surface area contributed by atoms with Crippen molar-refractivity contribution in [3.8, 4) is 0 Å². The second-order valence-electron chi connectivity index (χ2n) is 6.90. The van der Waals surface area contributed by atoms with Crippen LogP contribution in [-0.4, -0.2) is 27.7 Å². The first-order chi connectivity index (χ1) is 13.1. The van der Waals surface area contributed by atoms with Crippen LogP contribution in [0.4, 0.5) is 5.13 Å². The Morgan fingerprint density at radius 2 is 2.15 bits per heavy atom. The van der Waals surface area contributed by atoms with Gasteiger partial charge in [-0.25, -0.2) is 4.98 Å². The van der Waals surface area contributed by atoms with Gasteiger partial charge in [0.25, 0.3) is 0 Å². The number of aromatic nitrogens is 3. The highest BCUT2D eigenvalue weighted by molar-refractivity contribution is 7.15. The van der Waals surface area contributed by atoms with Gasteiger partial charge in [0, 0.05) is 23.7 Å². The van der Waals surface area contributed by atoms with Crippen molar-refractivity contribution in [3.63, 3.8) is 0 Å². The van der Waals surface area contributed by atoms with Gasteiger partial charge in [-0.05, 0) is 37.8 Å². The Morgan fingerprint density at radius 1 is 1.33 bits per heavy atom. The van der Waals surface area contributed by atoms with Crippen LogP contribution >= 0.6 is 11.3 Å². The van der Waals surface area contributed by atoms with Gasteiger partial charge < -0.3 is 10.6 Å². The van der Waals surface area contributed by atoms with Crippen molar-refractivity contribution < 1.29 is 4.79 Å². The average molecular weight is 382 g/mol. The summed E-state index contributed by atoms with van der Waals surface area (Å²) < 4.78 is 1.69. The fraction of sp³-hybridized carbons (Fsp3) is 0.350. The number of rotatable bonds is 5. The Morgan fingerprint density at radius 3 is 2.85 bits per heavy atom. The van der Waals surface area contributed by atoms with E-state index in [1.54, 1.807) is 29.3 Å². The second kappa shape index (κ2) is 7.62. The van der Waals surface area contributed by atoms with Gasteiger partial charge in [0.05, 0.1) is 11.9 Å². The molecular weight excluding hydrogens is 358 g/mol. The number of thiazole rings is 1. The van der Waals surface area contributed by atoms with Crippen LogP contribution in [0.25, 0.3) is 0 Å². The summed E-state index contributed by atoms with van der Waals surface area (Å²) in [4.78, 5) is 18.7. The van der Waals surface area contributed by atoms with Gasteiger partial charge >= 0.3 is 0 Å². The van der Waals surface area contributed by atoms with Crippen molar-refractivity contribution in [1.29, 1.82) is 0 Å². The fourth-order valence-electron chi connectivity index (χ4n) is 3.65. The third-order valence-electron chi connectivity index (χ3n) is 5.05. The summed E-state index contributed by atoms with van der Waals surface area (Å²) in [6.07, 6.45) is 6.60. The van der Waals surface area contributed by atoms with Crippen LogP contribution in [0.3, 0.4) is 0 Å². The highest BCUT2D eigenvalue weighted by Crippen LogP contribution is 2.37. The van der Waals surface area contributed by atoms with Crippen LogP contribution < -0.4 is 10.6 Å². The first-order valence-electron chi connectivity index (χ1n) is 9.14. The van der Waals surface area contributed by atoms with Crippen LogP contribution in [0.1, 0.15) is 40.1 Å². The van der Waals surface area contributed by atoms with Crippen LogP contribution in [0.5, 0.6) is 0 Å². The zero-order valence-corrected chi connectivity index (χ0v) is 16.3. The van der Waals surface area contributed by atoms with E-state index in [1.165, 1.54) is 10.4 Å². The number of likely N-dealkylation sites (N-methyl/N-ethyl adjacent to an activating group) is 1. The minimum atomic E-state index is -0.448. The number of nitrogens with zero attached hydrogens (tertiary/aromatic N) is 3. The number of benzene rings is 1. The maximum absolute atomic E-state index is 12.7. The van der Waals surface area contributed by atoms with Crippen molar-refractivity contribution >= 4 is 22.4 Å². The maximum Gasteiger partial charge on any atom is 0.247 e. The van der Waals surface area contributed by atoms with E-state index in [4.69, 9.17) is 0 Å². The number of amides is 1. The number of carbonyl (C=O) groups excluding carboxylic acids is 1. The third kappa shape index (κ3) is 3.79. The van der Waals surface area contributed by atoms with Crippen LogP contribution in [0, 0.1) is 0 Å². The fourth-order valence-corrected chi connectivity index (χ4v) is 4.74. The molecule has 1 aliphatic carbocycles. The van der Waals surface area contributed by atoms with Gasteiger partial charge in [-0.2, -0.15) is 5.10 Å². The van der Waals surface area contributed by atoms with E-state index in [2.05, 4.69) is 51.0 Å². The van der Waals surface area contributed by atoms with Gasteiger partial charge in [0.15, 0.2) is 5.13 Å². The molecule has 1 aromatic carbocycles. The molecule has 0 saturated carbocycles. The molecule has 0 radical (unpaired) electrons. The molecule has 1 amide bonds. The summed E-state index contributed by atoms with van der Waals surface area (Å²) in [7, 11) is 3.61. The molecule has 3 aromatic rings. The SMILES string of the molecule is CNC(C(=O)Nc1nc2c(s1)CC(c1ccccc1)CC2)c1cnn(C)c1. The summed E-state index contributed by atoms with van der Waals surface area (Å²) in [5.74, 6) is 0.416. The van der Waals surface area contributed by atoms with Crippen molar-refractivity contribution in [2.45, 2.75) is 31.2 Å². The summed E-state index contributed by atoms with van der Waals surface area (Å²) >= 11 is 1.60. The monoisotopic (exact) mass is 381 g/mol. The Kier molecular flexibility index (Phi) is 5.05. The number of hydrogen-bond acceptors (Lipinski definition) is 5. The molecular formula is C20H23N5OS. The van der Waals surface area contributed by atoms with Crippen molar-refractivity contribution in [2.24, 2.45) is 7.05 Å². The van der Waals surface area contributed by atoms with Crippen molar-refractivity contribution in [1.82, 2.24) is 20.1 Å². The Balaban J connectivity index is 1.47. The number of hydrogen-bond donors (Lipinski definition) is 2. The number of carbonyl (C=O) groups is 1. The van der Waals surface area contributed by atoms with Crippen molar-refractivity contribution in [3.05, 3.63) is 64.4 Å². The lowest BCUT2D eigenvalue weighted by Crippen LogP contribution is -2.30. The molecule has 27 heavy (non-hydrogen) atoms. The van der Waals surface area contributed by atoms with Crippen molar-refractivity contribution in [2.75, 3.05) is 12.4 Å². The number of aryl methyl sites for hydroxylation is 2. The smallest absolute Gasteiger partial charge is 0.247 e. The molecule has 0 spiro atoms. The number of fused-ring (bicyclic) bond motifs is 1. The summed E-state index contributed by atoms with van der Waals surface area (Å²) in [6.45, 7) is 0. The minimum Gasteiger partial charge on any atom is -0.305 e. The van der Waals surface area contributed by atoms with Gasteiger partial charge in [0.2, 0.25) is 5.91 Å². The first-order valence-corrected chi connectivity index (χ1v) is 9.96. The number of anilines is 1. The predicted octanol–water partition coefficient (Wildman–Crippen LogP) is 3.05. The molecule has 2 heterocycles. The molecule has 4 rings (SSSR count). The third-order valence-corrected chi connectivity index (χ3v) is 6.09. The lowest BCUT2D eigenvalue weighted by Gasteiger charge is -2.21. The van der Waals surface area contributed by atoms with E-state index in [0.717, 1.165) is 30.5 Å². The van der Waals surface area contributed by atoms with Crippen LogP contribution in [-0.2, 0) is 24.7 Å². The Labute approximate surface area is 162 Å². The van der Waals surface area contributed by atoms with Crippen LogP contribution in [0.15, 0.2) is 42.7 Å². The normalized spacial score (nSPS) is 17.3. The summed E-state index contributed by atoms with van der Waals surface area (Å²) in [6, 6.07) is 10.2. The summed E-state index contributed by atoms with van der Waals surface area (Å²) in [5, 5.41) is 10.9. The standard InChI is InChI=1S/C20H23N5OS/c1-21-18(15-11-22-25(2)12-15)19(26)24-20-23-16-9-8-14(10-17(16)27-20)13-6-4-3-5-7-13/h3-7,11-12,14,18,21H,8-10H2,1-2H3,(H,23,24,26). The van der Waals surface area contributed by atoms with Crippen LogP contribution in [0.2, 0.25) is 0 Å². The molecule has 2 N–H and O–H groups in total. The maximum atomic E-state index is 12.7. The topological polar surface area (TPSA) is 71.8 Å². The minimum absolute atomic E-state index is 0.115. The lowest BCUT2D eigenvalue weighted by atomic mass is 9.85. The van der Waals surface area contributed by atoms with E-state index in [0.29, 0.717) is 11.0 Å². The molecule has 6 nitrogen and oxygen atoms in total. The van der Waals surface area contributed by atoms with Gasteiger partial charge in [-0.3, -0.25) is 9.48 Å². The highest BCUT2D eigenvalue weighted by atomic mass is 32.1. The van der Waals surface area contributed by atoms with Gasteiger partial charge in [-0.15, -0.1) is 11.3 Å². The molecule has 2 atom stereocenters. The molecule has 7 heteroatoms. The lowest BCUT2D eigenvalue weighted by molar-refractivity contribution is -0.118. The second-order valence-corrected chi connectivity index (χ2v) is 7.98. The summed E-state index contributed by atoms with van der Waals surface area (Å²) in [5.41, 5.74) is 3.35. The quantitative estimate of drug-likeness (QED) is 0.713. The molecule has 0 saturated heterocycles. The Hall–Kier alpha value is -2.51. The Bertz CT molecular complexity index is 933. The molecule has 0 fully saturated rings.